The van der Waals surface area contributed by atoms with Gasteiger partial charge < -0.3 is 60.1 Å². The van der Waals surface area contributed by atoms with Gasteiger partial charge in [0, 0.05) is 49.4 Å². The number of likely N-dealkylation sites (tertiary alicyclic amines) is 2. The highest BCUT2D eigenvalue weighted by molar-refractivity contribution is 6.03. The van der Waals surface area contributed by atoms with Gasteiger partial charge in [-0.15, -0.1) is 0 Å². The summed E-state index contributed by atoms with van der Waals surface area (Å²) in [5, 5.41) is 8.61. The van der Waals surface area contributed by atoms with Crippen molar-refractivity contribution in [2.24, 2.45) is 4.99 Å². The first-order valence-corrected chi connectivity index (χ1v) is 28.3. The number of para-hydroxylation sites is 4. The van der Waals surface area contributed by atoms with Gasteiger partial charge in [0.05, 0.1) is 38.4 Å². The van der Waals surface area contributed by atoms with E-state index in [1.807, 2.05) is 93.3 Å². The Balaban J connectivity index is 0.000000204. The van der Waals surface area contributed by atoms with Crippen molar-refractivity contribution in [1.29, 1.82) is 0 Å². The molecule has 17 heteroatoms. The fourth-order valence-corrected chi connectivity index (χ4v) is 9.56. The van der Waals surface area contributed by atoms with E-state index < -0.39 is 6.03 Å². The first kappa shape index (κ1) is 62.5. The molecule has 440 valence electrons. The molecule has 0 unspecified atom stereocenters. The van der Waals surface area contributed by atoms with Crippen LogP contribution in [0.1, 0.15) is 79.8 Å². The standard InChI is InChI=1S/C30H37N3O3.C29H34N4O4.C8H7NO2/c1-21-7-9-25(29(17-21)35-4)20-33(16-15-32-13-5-6-14-32)30(34)24-10-12-28(27(31)19-24)36-26-11-8-22(2)23(3)18-26;1-20-10-12-23(18-21(20)2)37-27-13-11-22(28(34)30-14-17-33-15-6-7-16-33)19-25(27)32-29(35)31-24-8-4-5-9-26(24)36-3;1-11-8-5-3-2-4-7(8)9-6-10/h7-12,17-19H,5-6,13-16,20,31H2,1-4H3;4-5,8-13,18-19H,6-7,14-17H2,1-3H3,(H,30,34)(H2,31,32,35);2-5H,1H3. The molecule has 2 heterocycles. The fourth-order valence-electron chi connectivity index (χ4n) is 9.56. The lowest BCUT2D eigenvalue weighted by Crippen LogP contribution is -2.37. The largest absolute Gasteiger partial charge is 0.496 e. The van der Waals surface area contributed by atoms with Gasteiger partial charge in [-0.25, -0.2) is 9.59 Å². The van der Waals surface area contributed by atoms with Crippen molar-refractivity contribution in [1.82, 2.24) is 20.0 Å². The number of aliphatic imine (C=N–C) groups is 1. The van der Waals surface area contributed by atoms with Gasteiger partial charge in [-0.1, -0.05) is 48.5 Å². The van der Waals surface area contributed by atoms with Crippen LogP contribution < -0.4 is 45.4 Å². The molecule has 9 rings (SSSR count). The number of nitrogens with zero attached hydrogens (tertiary/aromatic N) is 4. The molecule has 0 bridgehead atoms. The number of hydrogen-bond donors (Lipinski definition) is 4. The van der Waals surface area contributed by atoms with Crippen LogP contribution in [0.15, 0.2) is 145 Å². The average Bonchev–Trinajstić information content (AvgIpc) is 4.35. The summed E-state index contributed by atoms with van der Waals surface area (Å²) in [5.74, 6) is 3.98. The number of urea groups is 1. The molecule has 2 fully saturated rings. The van der Waals surface area contributed by atoms with Gasteiger partial charge in [-0.05, 0) is 205 Å². The van der Waals surface area contributed by atoms with E-state index in [1.54, 1.807) is 87.0 Å². The third kappa shape index (κ3) is 18.2. The molecule has 0 aromatic heterocycles. The smallest absolute Gasteiger partial charge is 0.323 e. The van der Waals surface area contributed by atoms with E-state index in [4.69, 9.17) is 29.4 Å². The summed E-state index contributed by atoms with van der Waals surface area (Å²) in [5.41, 5.74) is 15.9. The number of aryl methyl sites for hydroxylation is 5. The number of anilines is 3. The number of ether oxygens (including phenoxy) is 5. The summed E-state index contributed by atoms with van der Waals surface area (Å²) < 4.78 is 28.0. The zero-order chi connectivity index (χ0) is 60.0. The first-order chi connectivity index (χ1) is 40.6. The Morgan fingerprint density at radius 1 is 0.571 bits per heavy atom. The van der Waals surface area contributed by atoms with Crippen LogP contribution >= 0.6 is 0 Å². The molecule has 0 saturated carbocycles. The molecule has 17 nitrogen and oxygen atoms in total. The Kier molecular flexibility index (Phi) is 23.3. The van der Waals surface area contributed by atoms with E-state index >= 15 is 0 Å². The summed E-state index contributed by atoms with van der Waals surface area (Å²) in [4.78, 5) is 59.5. The van der Waals surface area contributed by atoms with Crippen molar-refractivity contribution in [3.05, 3.63) is 184 Å². The summed E-state index contributed by atoms with van der Waals surface area (Å²) in [6.07, 6.45) is 6.32. The molecule has 84 heavy (non-hydrogen) atoms. The van der Waals surface area contributed by atoms with Crippen molar-refractivity contribution in [2.75, 3.05) is 90.1 Å². The Hall–Kier alpha value is -9.15. The molecule has 4 amide bonds. The summed E-state index contributed by atoms with van der Waals surface area (Å²) >= 11 is 0. The van der Waals surface area contributed by atoms with E-state index in [0.717, 1.165) is 78.6 Å². The van der Waals surface area contributed by atoms with Gasteiger partial charge in [0.1, 0.15) is 40.2 Å². The maximum Gasteiger partial charge on any atom is 0.323 e. The highest BCUT2D eigenvalue weighted by Crippen LogP contribution is 2.34. The highest BCUT2D eigenvalue weighted by Gasteiger charge is 2.22. The molecule has 0 aliphatic carbocycles. The van der Waals surface area contributed by atoms with E-state index in [0.29, 0.717) is 82.3 Å². The van der Waals surface area contributed by atoms with E-state index in [-0.39, 0.29) is 11.8 Å². The lowest BCUT2D eigenvalue weighted by molar-refractivity contribution is 0.0725. The number of hydrogen-bond acceptors (Lipinski definition) is 13. The molecular weight excluding hydrogens is 1060 g/mol. The second-order valence-electron chi connectivity index (χ2n) is 20.7. The van der Waals surface area contributed by atoms with Crippen molar-refractivity contribution in [3.63, 3.8) is 0 Å². The first-order valence-electron chi connectivity index (χ1n) is 28.3. The van der Waals surface area contributed by atoms with E-state index in [2.05, 4.69) is 43.7 Å². The number of methoxy groups -OCH3 is 3. The normalized spacial score (nSPS) is 12.7. The number of nitrogens with one attached hydrogen (secondary N) is 3. The number of nitrogens with two attached hydrogens (primary N) is 1. The highest BCUT2D eigenvalue weighted by atomic mass is 16.5. The van der Waals surface area contributed by atoms with Crippen LogP contribution in [0.2, 0.25) is 0 Å². The number of carbonyl (C=O) groups excluding carboxylic acids is 4. The Morgan fingerprint density at radius 2 is 1.14 bits per heavy atom. The van der Waals surface area contributed by atoms with Crippen LogP contribution in [-0.4, -0.2) is 112 Å². The SMILES string of the molecule is COc1cc(C)ccc1CN(CCN1CCCC1)C(=O)c1ccc(Oc2ccc(C)c(C)c2)c(N)c1.COc1ccccc1N=C=O.COc1ccccc1NC(=O)Nc1cc(C(=O)NCCN2CCCC2)ccc1Oc1ccc(C)c(C)c1. The maximum absolute atomic E-state index is 13.7. The van der Waals surface area contributed by atoms with Crippen LogP contribution in [0.3, 0.4) is 0 Å². The van der Waals surface area contributed by atoms with Gasteiger partial charge in [0.15, 0.2) is 5.75 Å². The minimum atomic E-state index is -0.485. The lowest BCUT2D eigenvalue weighted by atomic mass is 10.1. The number of nitrogen functional groups attached to an aromatic ring is 1. The van der Waals surface area contributed by atoms with Crippen molar-refractivity contribution in [2.45, 2.75) is 66.8 Å². The molecule has 0 spiro atoms. The molecule has 7 aromatic carbocycles. The third-order valence-corrected chi connectivity index (χ3v) is 14.7. The molecule has 7 aromatic rings. The van der Waals surface area contributed by atoms with Gasteiger partial charge >= 0.3 is 6.03 Å². The average molecular weight is 1140 g/mol. The molecular formula is C67H78N8O9. The summed E-state index contributed by atoms with van der Waals surface area (Å²) in [6.45, 7) is 17.9. The van der Waals surface area contributed by atoms with Gasteiger partial charge in [-0.3, -0.25) is 9.59 Å². The van der Waals surface area contributed by atoms with E-state index in [9.17, 15) is 19.2 Å². The van der Waals surface area contributed by atoms with Crippen LogP contribution in [0.4, 0.5) is 27.5 Å². The fraction of sp³-hybridized carbons (Fsp3) is 0.313. The van der Waals surface area contributed by atoms with Crippen LogP contribution in [0.5, 0.6) is 40.2 Å². The second-order valence-corrected chi connectivity index (χ2v) is 20.7. The third-order valence-electron chi connectivity index (χ3n) is 14.7. The topological polar surface area (TPSA) is 199 Å². The zero-order valence-electron chi connectivity index (χ0n) is 49.5. The minimum Gasteiger partial charge on any atom is -0.496 e. The van der Waals surface area contributed by atoms with Crippen LogP contribution in [0.25, 0.3) is 0 Å². The molecule has 2 saturated heterocycles. The number of carbonyl (C=O) groups is 3. The Labute approximate surface area is 493 Å². The molecule has 5 N–H and O–H groups in total. The molecule has 0 radical (unpaired) electrons. The van der Waals surface area contributed by atoms with Crippen molar-refractivity contribution >= 4 is 46.7 Å². The van der Waals surface area contributed by atoms with Crippen molar-refractivity contribution < 1.29 is 42.9 Å². The molecule has 2 aliphatic rings. The number of benzene rings is 7. The maximum atomic E-state index is 13.7. The molecule has 0 atom stereocenters. The predicted molar refractivity (Wildman–Crippen MR) is 332 cm³/mol. The monoisotopic (exact) mass is 1140 g/mol. The number of amides is 4. The van der Waals surface area contributed by atoms with Gasteiger partial charge in [-0.2, -0.15) is 4.99 Å². The van der Waals surface area contributed by atoms with E-state index in [1.165, 1.54) is 44.4 Å². The lowest BCUT2D eigenvalue weighted by Gasteiger charge is -2.27. The molecule has 2 aliphatic heterocycles. The number of isocyanates is 1. The summed E-state index contributed by atoms with van der Waals surface area (Å²) in [7, 11) is 4.74. The van der Waals surface area contributed by atoms with Crippen molar-refractivity contribution in [3.8, 4) is 40.2 Å². The second kappa shape index (κ2) is 31.3. The van der Waals surface area contributed by atoms with Crippen LogP contribution in [-0.2, 0) is 11.3 Å². The van der Waals surface area contributed by atoms with Crippen LogP contribution in [0, 0.1) is 34.6 Å². The Bertz CT molecular complexity index is 3410. The number of rotatable bonds is 20. The van der Waals surface area contributed by atoms with Gasteiger partial charge in [0.2, 0.25) is 6.08 Å². The Morgan fingerprint density at radius 3 is 1.76 bits per heavy atom. The minimum absolute atomic E-state index is 0.0544. The predicted octanol–water partition coefficient (Wildman–Crippen LogP) is 13.0. The zero-order valence-corrected chi connectivity index (χ0v) is 49.5. The van der Waals surface area contributed by atoms with Gasteiger partial charge in [0.25, 0.3) is 11.8 Å². The quantitative estimate of drug-likeness (QED) is 0.0320. The summed E-state index contributed by atoms with van der Waals surface area (Å²) in [6, 6.07) is 41.8.